The van der Waals surface area contributed by atoms with Crippen LogP contribution in [-0.4, -0.2) is 29.8 Å². The van der Waals surface area contributed by atoms with Crippen molar-refractivity contribution < 1.29 is 9.18 Å². The normalized spacial score (nSPS) is 19.7. The molecule has 17 heavy (non-hydrogen) atoms. The molecule has 1 aliphatic heterocycles. The Morgan fingerprint density at radius 1 is 1.59 bits per heavy atom. The highest BCUT2D eigenvalue weighted by Crippen LogP contribution is 2.20. The van der Waals surface area contributed by atoms with E-state index in [9.17, 15) is 9.18 Å². The summed E-state index contributed by atoms with van der Waals surface area (Å²) in [7, 11) is 0. The first-order valence-corrected chi connectivity index (χ1v) is 6.26. The fraction of sp³-hybridized carbons (Fsp3) is 0.462. The van der Waals surface area contributed by atoms with Crippen LogP contribution in [0.1, 0.15) is 22.3 Å². The van der Waals surface area contributed by atoms with Crippen molar-refractivity contribution >= 4 is 17.5 Å². The van der Waals surface area contributed by atoms with Crippen LogP contribution in [0.3, 0.4) is 0 Å². The molecule has 0 N–H and O–H groups in total. The van der Waals surface area contributed by atoms with Crippen molar-refractivity contribution in [3.05, 3.63) is 35.1 Å². The van der Waals surface area contributed by atoms with Crippen LogP contribution in [0, 0.1) is 18.7 Å². The quantitative estimate of drug-likeness (QED) is 0.744. The van der Waals surface area contributed by atoms with Crippen LogP contribution in [0.15, 0.2) is 18.2 Å². The molecule has 1 atom stereocenters. The molecule has 1 saturated heterocycles. The van der Waals surface area contributed by atoms with E-state index in [0.717, 1.165) is 13.0 Å². The van der Waals surface area contributed by atoms with Gasteiger partial charge < -0.3 is 4.90 Å². The minimum absolute atomic E-state index is 0.0271. The molecule has 1 fully saturated rings. The summed E-state index contributed by atoms with van der Waals surface area (Å²) in [6.07, 6.45) is 0.954. The number of benzene rings is 1. The number of aryl methyl sites for hydroxylation is 1. The zero-order valence-corrected chi connectivity index (χ0v) is 10.5. The second-order valence-electron chi connectivity index (χ2n) is 4.52. The fourth-order valence-electron chi connectivity index (χ4n) is 2.10. The van der Waals surface area contributed by atoms with Crippen molar-refractivity contribution in [1.29, 1.82) is 0 Å². The number of carbonyl (C=O) groups excluding carboxylic acids is 1. The van der Waals surface area contributed by atoms with E-state index < -0.39 is 0 Å². The molecule has 0 saturated carbocycles. The Balaban J connectivity index is 2.12. The Kier molecular flexibility index (Phi) is 3.67. The van der Waals surface area contributed by atoms with Gasteiger partial charge in [-0.25, -0.2) is 4.39 Å². The van der Waals surface area contributed by atoms with Crippen molar-refractivity contribution in [2.75, 3.05) is 19.0 Å². The zero-order valence-electron chi connectivity index (χ0n) is 9.75. The van der Waals surface area contributed by atoms with Crippen LogP contribution in [0.25, 0.3) is 0 Å². The maximum Gasteiger partial charge on any atom is 0.253 e. The number of nitrogens with zero attached hydrogens (tertiary/aromatic N) is 1. The number of rotatable bonds is 2. The average molecular weight is 256 g/mol. The molecule has 1 aromatic rings. The van der Waals surface area contributed by atoms with Crippen LogP contribution in [-0.2, 0) is 0 Å². The Bertz CT molecular complexity index is 435. The van der Waals surface area contributed by atoms with Crippen LogP contribution in [0.5, 0.6) is 0 Å². The third kappa shape index (κ3) is 2.60. The van der Waals surface area contributed by atoms with E-state index in [-0.39, 0.29) is 11.7 Å². The molecule has 0 spiro atoms. The van der Waals surface area contributed by atoms with Gasteiger partial charge in [0.05, 0.1) is 0 Å². The smallest absolute Gasteiger partial charge is 0.253 e. The van der Waals surface area contributed by atoms with Gasteiger partial charge in [-0.2, -0.15) is 0 Å². The summed E-state index contributed by atoms with van der Waals surface area (Å²) in [6, 6.07) is 4.49. The molecular formula is C13H15ClFNO. The van der Waals surface area contributed by atoms with Crippen LogP contribution in [0.2, 0.25) is 0 Å². The predicted octanol–water partition coefficient (Wildman–Crippen LogP) is 2.84. The lowest BCUT2D eigenvalue weighted by atomic mass is 10.1. The minimum Gasteiger partial charge on any atom is -0.338 e. The van der Waals surface area contributed by atoms with Gasteiger partial charge in [0.2, 0.25) is 0 Å². The topological polar surface area (TPSA) is 20.3 Å². The Hall–Kier alpha value is -1.09. The molecule has 0 aromatic heterocycles. The van der Waals surface area contributed by atoms with E-state index in [0.29, 0.717) is 29.5 Å². The van der Waals surface area contributed by atoms with E-state index in [1.165, 1.54) is 6.07 Å². The van der Waals surface area contributed by atoms with Gasteiger partial charge in [-0.3, -0.25) is 4.79 Å². The monoisotopic (exact) mass is 255 g/mol. The van der Waals surface area contributed by atoms with Gasteiger partial charge in [0.25, 0.3) is 5.91 Å². The van der Waals surface area contributed by atoms with Gasteiger partial charge in [-0.05, 0) is 43.0 Å². The van der Waals surface area contributed by atoms with E-state index in [1.54, 1.807) is 24.0 Å². The first-order chi connectivity index (χ1) is 8.11. The molecule has 2 nitrogen and oxygen atoms in total. The number of alkyl halides is 1. The fourth-order valence-corrected chi connectivity index (χ4v) is 2.36. The summed E-state index contributed by atoms with van der Waals surface area (Å²) in [5.41, 5.74) is 1.06. The average Bonchev–Trinajstić information content (AvgIpc) is 2.80. The molecular weight excluding hydrogens is 241 g/mol. The Morgan fingerprint density at radius 2 is 2.35 bits per heavy atom. The molecule has 0 radical (unpaired) electrons. The van der Waals surface area contributed by atoms with Crippen molar-refractivity contribution in [3.8, 4) is 0 Å². The lowest BCUT2D eigenvalue weighted by Crippen LogP contribution is -2.29. The molecule has 1 aromatic carbocycles. The lowest BCUT2D eigenvalue weighted by molar-refractivity contribution is 0.0788. The zero-order chi connectivity index (χ0) is 12.4. The molecule has 1 aliphatic rings. The number of hydrogen-bond acceptors (Lipinski definition) is 1. The first kappa shape index (κ1) is 12.4. The molecule has 1 amide bonds. The molecule has 0 bridgehead atoms. The third-order valence-electron chi connectivity index (χ3n) is 3.20. The molecule has 1 heterocycles. The van der Waals surface area contributed by atoms with Gasteiger partial charge in [-0.1, -0.05) is 0 Å². The van der Waals surface area contributed by atoms with E-state index in [2.05, 4.69) is 0 Å². The maximum absolute atomic E-state index is 13.1. The molecule has 92 valence electrons. The van der Waals surface area contributed by atoms with Gasteiger partial charge in [0.15, 0.2) is 0 Å². The summed E-state index contributed by atoms with van der Waals surface area (Å²) >= 11 is 5.78. The molecule has 1 unspecified atom stereocenters. The number of likely N-dealkylation sites (tertiary alicyclic amines) is 1. The Labute approximate surface area is 105 Å². The number of carbonyl (C=O) groups is 1. The van der Waals surface area contributed by atoms with Crippen molar-refractivity contribution in [2.45, 2.75) is 13.3 Å². The summed E-state index contributed by atoms with van der Waals surface area (Å²) in [5.74, 6) is 0.677. The minimum atomic E-state index is -0.276. The maximum atomic E-state index is 13.1. The van der Waals surface area contributed by atoms with Gasteiger partial charge in [-0.15, -0.1) is 11.6 Å². The highest BCUT2D eigenvalue weighted by Gasteiger charge is 2.26. The number of amides is 1. The largest absolute Gasteiger partial charge is 0.338 e. The van der Waals surface area contributed by atoms with E-state index >= 15 is 0 Å². The summed E-state index contributed by atoms with van der Waals surface area (Å²) in [5, 5.41) is 0. The van der Waals surface area contributed by atoms with Crippen molar-refractivity contribution in [2.24, 2.45) is 5.92 Å². The van der Waals surface area contributed by atoms with Crippen LogP contribution >= 0.6 is 11.6 Å². The van der Waals surface area contributed by atoms with Crippen molar-refractivity contribution in [3.63, 3.8) is 0 Å². The van der Waals surface area contributed by atoms with E-state index in [1.807, 2.05) is 0 Å². The second-order valence-corrected chi connectivity index (χ2v) is 4.83. The van der Waals surface area contributed by atoms with E-state index in [4.69, 9.17) is 11.6 Å². The number of hydrogen-bond donors (Lipinski definition) is 0. The van der Waals surface area contributed by atoms with Gasteiger partial charge in [0.1, 0.15) is 5.82 Å². The number of halogens is 2. The van der Waals surface area contributed by atoms with Gasteiger partial charge >= 0.3 is 0 Å². The third-order valence-corrected chi connectivity index (χ3v) is 3.63. The lowest BCUT2D eigenvalue weighted by Gasteiger charge is -2.16. The highest BCUT2D eigenvalue weighted by atomic mass is 35.5. The second kappa shape index (κ2) is 5.05. The highest BCUT2D eigenvalue weighted by molar-refractivity contribution is 6.18. The predicted molar refractivity (Wildman–Crippen MR) is 65.9 cm³/mol. The van der Waals surface area contributed by atoms with Crippen LogP contribution in [0.4, 0.5) is 4.39 Å². The molecule has 2 rings (SSSR count). The SMILES string of the molecule is Cc1cc(C(=O)N2CCC(CCl)C2)ccc1F. The first-order valence-electron chi connectivity index (χ1n) is 5.73. The summed E-state index contributed by atoms with van der Waals surface area (Å²) in [4.78, 5) is 13.9. The summed E-state index contributed by atoms with van der Waals surface area (Å²) < 4.78 is 13.1. The van der Waals surface area contributed by atoms with Gasteiger partial charge in [0, 0.05) is 24.5 Å². The standard InChI is InChI=1S/C13H15ClFNO/c1-9-6-11(2-3-12(9)15)13(17)16-5-4-10(7-14)8-16/h2-3,6,10H,4-5,7-8H2,1H3. The summed E-state index contributed by atoms with van der Waals surface area (Å²) in [6.45, 7) is 3.11. The van der Waals surface area contributed by atoms with Crippen molar-refractivity contribution in [1.82, 2.24) is 4.90 Å². The molecule has 0 aliphatic carbocycles. The molecule has 4 heteroatoms. The Morgan fingerprint density at radius 3 is 2.94 bits per heavy atom. The van der Waals surface area contributed by atoms with Crippen LogP contribution < -0.4 is 0 Å².